The molecule has 7 nitrogen and oxygen atoms in total. The first-order valence-electron chi connectivity index (χ1n) is 10.5. The number of nitrogens with zero attached hydrogens (tertiary/aromatic N) is 4. The molecule has 1 aromatic heterocycles. The van der Waals surface area contributed by atoms with E-state index in [4.69, 9.17) is 0 Å². The second-order valence-corrected chi connectivity index (χ2v) is 7.78. The van der Waals surface area contributed by atoms with Crippen LogP contribution in [0.2, 0.25) is 0 Å². The zero-order valence-corrected chi connectivity index (χ0v) is 17.7. The minimum atomic E-state index is 0.00541. The molecule has 160 valence electrons. The fourth-order valence-corrected chi connectivity index (χ4v) is 3.69. The Balaban J connectivity index is 1.27. The molecular formula is C24H27N5O2. The SMILES string of the molecule is Cc1ccn(-c2cccc(C(=O)N3CCN(CC(=O)NCc4ccccc4)CC3)c2)n1. The van der Waals surface area contributed by atoms with Crippen LogP contribution in [0.4, 0.5) is 0 Å². The topological polar surface area (TPSA) is 70.5 Å². The van der Waals surface area contributed by atoms with E-state index in [9.17, 15) is 9.59 Å². The lowest BCUT2D eigenvalue weighted by atomic mass is 10.1. The third kappa shape index (κ3) is 5.38. The Morgan fingerprint density at radius 2 is 1.74 bits per heavy atom. The Labute approximate surface area is 182 Å². The number of carbonyl (C=O) groups excluding carboxylic acids is 2. The van der Waals surface area contributed by atoms with Gasteiger partial charge in [-0.3, -0.25) is 14.5 Å². The molecule has 0 radical (unpaired) electrons. The number of benzene rings is 2. The number of nitrogens with one attached hydrogen (secondary N) is 1. The van der Waals surface area contributed by atoms with Gasteiger partial charge in [0.2, 0.25) is 5.91 Å². The van der Waals surface area contributed by atoms with Gasteiger partial charge in [0.1, 0.15) is 0 Å². The van der Waals surface area contributed by atoms with Crippen LogP contribution in [0.3, 0.4) is 0 Å². The zero-order chi connectivity index (χ0) is 21.6. The Morgan fingerprint density at radius 1 is 0.968 bits per heavy atom. The molecule has 2 aromatic carbocycles. The lowest BCUT2D eigenvalue weighted by Crippen LogP contribution is -2.51. The summed E-state index contributed by atoms with van der Waals surface area (Å²) < 4.78 is 1.78. The average molecular weight is 418 g/mol. The molecule has 1 aliphatic heterocycles. The molecule has 1 fully saturated rings. The third-order valence-electron chi connectivity index (χ3n) is 5.44. The Hall–Kier alpha value is -3.45. The summed E-state index contributed by atoms with van der Waals surface area (Å²) in [7, 11) is 0. The summed E-state index contributed by atoms with van der Waals surface area (Å²) in [6.45, 7) is 5.40. The van der Waals surface area contributed by atoms with Crippen LogP contribution in [-0.4, -0.2) is 64.1 Å². The Kier molecular flexibility index (Phi) is 6.43. The van der Waals surface area contributed by atoms with E-state index in [1.807, 2.05) is 78.7 Å². The van der Waals surface area contributed by atoms with E-state index >= 15 is 0 Å². The summed E-state index contributed by atoms with van der Waals surface area (Å²) in [5, 5.41) is 7.37. The molecule has 0 aliphatic carbocycles. The van der Waals surface area contributed by atoms with Crippen molar-refractivity contribution in [2.75, 3.05) is 32.7 Å². The zero-order valence-electron chi connectivity index (χ0n) is 17.7. The van der Waals surface area contributed by atoms with Gasteiger partial charge in [-0.25, -0.2) is 4.68 Å². The van der Waals surface area contributed by atoms with Crippen LogP contribution >= 0.6 is 0 Å². The highest BCUT2D eigenvalue weighted by atomic mass is 16.2. The monoisotopic (exact) mass is 417 g/mol. The van der Waals surface area contributed by atoms with Gasteiger partial charge < -0.3 is 10.2 Å². The van der Waals surface area contributed by atoms with E-state index in [1.165, 1.54) is 0 Å². The molecule has 0 bridgehead atoms. The number of hydrogen-bond acceptors (Lipinski definition) is 4. The number of rotatable bonds is 6. The summed E-state index contributed by atoms with van der Waals surface area (Å²) in [5.74, 6) is 0.0183. The molecule has 4 rings (SSSR count). The second kappa shape index (κ2) is 9.57. The lowest BCUT2D eigenvalue weighted by molar-refractivity contribution is -0.122. The average Bonchev–Trinajstić information content (AvgIpc) is 3.25. The van der Waals surface area contributed by atoms with E-state index < -0.39 is 0 Å². The van der Waals surface area contributed by atoms with E-state index in [2.05, 4.69) is 15.3 Å². The second-order valence-electron chi connectivity index (χ2n) is 7.78. The minimum Gasteiger partial charge on any atom is -0.351 e. The Morgan fingerprint density at radius 3 is 2.45 bits per heavy atom. The largest absolute Gasteiger partial charge is 0.351 e. The van der Waals surface area contributed by atoms with Crippen molar-refractivity contribution in [2.24, 2.45) is 0 Å². The highest BCUT2D eigenvalue weighted by molar-refractivity contribution is 5.94. The van der Waals surface area contributed by atoms with E-state index in [1.54, 1.807) is 4.68 Å². The summed E-state index contributed by atoms with van der Waals surface area (Å²) >= 11 is 0. The fourth-order valence-electron chi connectivity index (χ4n) is 3.69. The number of carbonyl (C=O) groups is 2. The van der Waals surface area contributed by atoms with Crippen LogP contribution in [0.1, 0.15) is 21.6 Å². The molecule has 1 N–H and O–H groups in total. The first kappa shape index (κ1) is 20.8. The van der Waals surface area contributed by atoms with Crippen LogP contribution in [-0.2, 0) is 11.3 Å². The van der Waals surface area contributed by atoms with Crippen LogP contribution < -0.4 is 5.32 Å². The number of aromatic nitrogens is 2. The molecule has 2 amide bonds. The minimum absolute atomic E-state index is 0.00541. The highest BCUT2D eigenvalue weighted by Crippen LogP contribution is 2.14. The fraction of sp³-hybridized carbons (Fsp3) is 0.292. The lowest BCUT2D eigenvalue weighted by Gasteiger charge is -2.34. The van der Waals surface area contributed by atoms with Gasteiger partial charge in [0, 0.05) is 44.5 Å². The molecular weight excluding hydrogens is 390 g/mol. The van der Waals surface area contributed by atoms with Gasteiger partial charge in [-0.15, -0.1) is 0 Å². The van der Waals surface area contributed by atoms with Crippen molar-refractivity contribution in [3.63, 3.8) is 0 Å². The smallest absolute Gasteiger partial charge is 0.254 e. The maximum atomic E-state index is 13.0. The maximum absolute atomic E-state index is 13.0. The van der Waals surface area contributed by atoms with Gasteiger partial charge in [-0.05, 0) is 36.8 Å². The van der Waals surface area contributed by atoms with Crippen LogP contribution in [0, 0.1) is 6.92 Å². The van der Waals surface area contributed by atoms with Crippen molar-refractivity contribution in [2.45, 2.75) is 13.5 Å². The first-order chi connectivity index (χ1) is 15.1. The normalized spacial score (nSPS) is 14.4. The van der Waals surface area contributed by atoms with Crippen molar-refractivity contribution >= 4 is 11.8 Å². The predicted octanol–water partition coefficient (Wildman–Crippen LogP) is 2.25. The van der Waals surface area contributed by atoms with Crippen LogP contribution in [0.25, 0.3) is 5.69 Å². The molecule has 0 spiro atoms. The van der Waals surface area contributed by atoms with Crippen molar-refractivity contribution in [3.8, 4) is 5.69 Å². The summed E-state index contributed by atoms with van der Waals surface area (Å²) in [4.78, 5) is 29.2. The van der Waals surface area contributed by atoms with E-state index in [0.29, 0.717) is 44.8 Å². The quantitative estimate of drug-likeness (QED) is 0.668. The summed E-state index contributed by atoms with van der Waals surface area (Å²) in [5.41, 5.74) is 3.53. The molecule has 0 atom stereocenters. The standard InChI is InChI=1S/C24H27N5O2/c1-19-10-11-29(26-19)22-9-5-8-21(16-22)24(31)28-14-12-27(13-15-28)18-23(30)25-17-20-6-3-2-4-7-20/h2-11,16H,12-15,17-18H2,1H3,(H,25,30). The third-order valence-corrected chi connectivity index (χ3v) is 5.44. The first-order valence-corrected chi connectivity index (χ1v) is 10.5. The van der Waals surface area contributed by atoms with Gasteiger partial charge in [-0.1, -0.05) is 36.4 Å². The molecule has 1 saturated heterocycles. The summed E-state index contributed by atoms with van der Waals surface area (Å²) in [6, 6.07) is 19.3. The van der Waals surface area contributed by atoms with E-state index in [0.717, 1.165) is 16.9 Å². The van der Waals surface area contributed by atoms with Crippen molar-refractivity contribution in [3.05, 3.63) is 83.7 Å². The van der Waals surface area contributed by atoms with Crippen LogP contribution in [0.15, 0.2) is 66.9 Å². The van der Waals surface area contributed by atoms with E-state index in [-0.39, 0.29) is 11.8 Å². The molecule has 1 aliphatic rings. The molecule has 7 heteroatoms. The van der Waals surface area contributed by atoms with Gasteiger partial charge in [-0.2, -0.15) is 5.10 Å². The van der Waals surface area contributed by atoms with Crippen molar-refractivity contribution < 1.29 is 9.59 Å². The summed E-state index contributed by atoms with van der Waals surface area (Å²) in [6.07, 6.45) is 1.89. The van der Waals surface area contributed by atoms with Crippen LogP contribution in [0.5, 0.6) is 0 Å². The highest BCUT2D eigenvalue weighted by Gasteiger charge is 2.23. The van der Waals surface area contributed by atoms with Crippen molar-refractivity contribution in [1.29, 1.82) is 0 Å². The van der Waals surface area contributed by atoms with Gasteiger partial charge in [0.05, 0.1) is 17.9 Å². The molecule has 31 heavy (non-hydrogen) atoms. The van der Waals surface area contributed by atoms with Crippen molar-refractivity contribution in [1.82, 2.24) is 24.9 Å². The molecule has 0 saturated carbocycles. The predicted molar refractivity (Wildman–Crippen MR) is 119 cm³/mol. The number of amides is 2. The van der Waals surface area contributed by atoms with Gasteiger partial charge in [0.15, 0.2) is 0 Å². The number of piperazine rings is 1. The molecule has 3 aromatic rings. The number of aryl methyl sites for hydroxylation is 1. The maximum Gasteiger partial charge on any atom is 0.254 e. The Bertz CT molecular complexity index is 1040. The molecule has 0 unspecified atom stereocenters. The molecule has 2 heterocycles. The van der Waals surface area contributed by atoms with Gasteiger partial charge in [0.25, 0.3) is 5.91 Å². The number of hydrogen-bond donors (Lipinski definition) is 1. The van der Waals surface area contributed by atoms with Gasteiger partial charge >= 0.3 is 0 Å².